The van der Waals surface area contributed by atoms with Crippen LogP contribution < -0.4 is 9.64 Å². The van der Waals surface area contributed by atoms with Crippen molar-refractivity contribution >= 4 is 23.1 Å². The zero-order valence-corrected chi connectivity index (χ0v) is 19.3. The van der Waals surface area contributed by atoms with Crippen LogP contribution in [0.5, 0.6) is 5.75 Å². The first-order chi connectivity index (χ1) is 16.2. The van der Waals surface area contributed by atoms with Crippen molar-refractivity contribution in [2.75, 3.05) is 44.4 Å². The van der Waals surface area contributed by atoms with Gasteiger partial charge in [-0.2, -0.15) is 0 Å². The Kier molecular flexibility index (Phi) is 8.25. The second-order valence-corrected chi connectivity index (χ2v) is 9.06. The lowest BCUT2D eigenvalue weighted by atomic mass is 10.1. The Hall–Kier alpha value is -2.55. The predicted molar refractivity (Wildman–Crippen MR) is 131 cm³/mol. The van der Waals surface area contributed by atoms with Crippen LogP contribution in [0.1, 0.15) is 5.56 Å². The molecule has 0 amide bonds. The van der Waals surface area contributed by atoms with Crippen LogP contribution in [0.15, 0.2) is 82.6 Å². The summed E-state index contributed by atoms with van der Waals surface area (Å²) >= 11 is 1.75. The van der Waals surface area contributed by atoms with Crippen molar-refractivity contribution in [2.45, 2.75) is 22.4 Å². The van der Waals surface area contributed by atoms with E-state index in [4.69, 9.17) is 9.84 Å². The van der Waals surface area contributed by atoms with Crippen molar-refractivity contribution in [3.63, 3.8) is 0 Å². The maximum Gasteiger partial charge on any atom is 0.119 e. The molecule has 0 unspecified atom stereocenters. The number of β-amino-alcohol motifs (C(OH)–C–C–N with tert-alkyl or cyclic N) is 1. The molecule has 0 fully saturated rings. The predicted octanol–water partition coefficient (Wildman–Crippen LogP) is 3.52. The van der Waals surface area contributed by atoms with E-state index in [0.717, 1.165) is 16.9 Å². The van der Waals surface area contributed by atoms with E-state index in [0.29, 0.717) is 31.9 Å². The van der Waals surface area contributed by atoms with Gasteiger partial charge in [-0.05, 0) is 42.0 Å². The molecule has 174 valence electrons. The lowest BCUT2D eigenvalue weighted by Gasteiger charge is -2.35. The second kappa shape index (κ2) is 11.5. The van der Waals surface area contributed by atoms with Crippen molar-refractivity contribution in [3.8, 4) is 5.75 Å². The third-order valence-electron chi connectivity index (χ3n) is 5.50. The third kappa shape index (κ3) is 6.07. The van der Waals surface area contributed by atoms with Gasteiger partial charge in [0.05, 0.1) is 37.2 Å². The first-order valence-electron chi connectivity index (χ1n) is 11.1. The fourth-order valence-corrected chi connectivity index (χ4v) is 5.13. The summed E-state index contributed by atoms with van der Waals surface area (Å²) in [6.07, 6.45) is -0.604. The minimum absolute atomic E-state index is 0.0193. The number of aliphatic hydroxyl groups is 3. The van der Waals surface area contributed by atoms with Crippen molar-refractivity contribution in [2.24, 2.45) is 0 Å². The molecule has 1 aliphatic rings. The van der Waals surface area contributed by atoms with Crippen LogP contribution in [0, 0.1) is 0 Å². The minimum atomic E-state index is -0.604. The Labute approximate surface area is 199 Å². The Morgan fingerprint density at radius 2 is 1.48 bits per heavy atom. The number of hydrogen-bond donors (Lipinski definition) is 3. The number of fused-ring (bicyclic) bond motifs is 2. The van der Waals surface area contributed by atoms with E-state index in [9.17, 15) is 10.2 Å². The summed E-state index contributed by atoms with van der Waals surface area (Å²) in [4.78, 5) is 6.61. The lowest BCUT2D eigenvalue weighted by molar-refractivity contribution is 0.100. The molecular formula is C26H30N2O4S. The second-order valence-electron chi connectivity index (χ2n) is 7.98. The van der Waals surface area contributed by atoms with E-state index in [2.05, 4.69) is 34.1 Å². The number of benzene rings is 3. The fraction of sp³-hybridized carbons (Fsp3) is 0.308. The number of aliphatic hydroxyl groups excluding tert-OH is 3. The van der Waals surface area contributed by atoms with Gasteiger partial charge in [-0.1, -0.05) is 48.2 Å². The number of ether oxygens (including phenoxy) is 1. The standard InChI is InChI=1S/C26H30N2O4S/c29-14-13-27(17-20-9-11-22(12-10-20)32-16-15-30)18-21(31)19-28-23-5-1-3-7-25(23)33-26-8-4-2-6-24(26)28/h1-12,21,29-31H,13-19H2/t21-/m0/s1. The highest BCUT2D eigenvalue weighted by molar-refractivity contribution is 7.99. The van der Waals surface area contributed by atoms with Gasteiger partial charge >= 0.3 is 0 Å². The molecule has 1 atom stereocenters. The summed E-state index contributed by atoms with van der Waals surface area (Å²) in [5.74, 6) is 0.710. The molecule has 0 saturated carbocycles. The van der Waals surface area contributed by atoms with E-state index >= 15 is 0 Å². The van der Waals surface area contributed by atoms with E-state index in [1.165, 1.54) is 9.79 Å². The van der Waals surface area contributed by atoms with E-state index in [1.54, 1.807) is 11.8 Å². The molecule has 1 aliphatic heterocycles. The summed E-state index contributed by atoms with van der Waals surface area (Å²) < 4.78 is 5.42. The number of nitrogens with zero attached hydrogens (tertiary/aromatic N) is 2. The number of anilines is 2. The average molecular weight is 467 g/mol. The zero-order chi connectivity index (χ0) is 23.0. The molecular weight excluding hydrogens is 436 g/mol. The van der Waals surface area contributed by atoms with Gasteiger partial charge in [-0.15, -0.1) is 0 Å². The quantitative estimate of drug-likeness (QED) is 0.399. The van der Waals surface area contributed by atoms with Crippen molar-refractivity contribution in [1.29, 1.82) is 0 Å². The highest BCUT2D eigenvalue weighted by atomic mass is 32.2. The lowest BCUT2D eigenvalue weighted by Crippen LogP contribution is -2.40. The summed E-state index contributed by atoms with van der Waals surface area (Å²) in [5.41, 5.74) is 3.27. The zero-order valence-electron chi connectivity index (χ0n) is 18.5. The van der Waals surface area contributed by atoms with Gasteiger partial charge in [0.1, 0.15) is 12.4 Å². The van der Waals surface area contributed by atoms with Gasteiger partial charge in [0.15, 0.2) is 0 Å². The minimum Gasteiger partial charge on any atom is -0.491 e. The summed E-state index contributed by atoms with van der Waals surface area (Å²) in [5, 5.41) is 29.5. The Bertz CT molecular complexity index is 985. The SMILES string of the molecule is OCCOc1ccc(CN(CCO)C[C@H](O)CN2c3ccccc3Sc3ccccc32)cc1. The van der Waals surface area contributed by atoms with Crippen LogP contribution in [0.4, 0.5) is 11.4 Å². The molecule has 0 bridgehead atoms. The largest absolute Gasteiger partial charge is 0.491 e. The highest BCUT2D eigenvalue weighted by Crippen LogP contribution is 2.47. The van der Waals surface area contributed by atoms with Gasteiger partial charge in [-0.25, -0.2) is 0 Å². The summed E-state index contributed by atoms with van der Waals surface area (Å²) in [6, 6.07) is 24.2. The maximum absolute atomic E-state index is 11.1. The van der Waals surface area contributed by atoms with Crippen LogP contribution in [0.3, 0.4) is 0 Å². The number of rotatable bonds is 11. The van der Waals surface area contributed by atoms with Crippen LogP contribution >= 0.6 is 11.8 Å². The van der Waals surface area contributed by atoms with Crippen molar-refractivity contribution in [1.82, 2.24) is 4.90 Å². The fourth-order valence-electron chi connectivity index (χ4n) is 4.03. The third-order valence-corrected chi connectivity index (χ3v) is 6.63. The molecule has 0 saturated heterocycles. The average Bonchev–Trinajstić information content (AvgIpc) is 2.83. The molecule has 7 heteroatoms. The van der Waals surface area contributed by atoms with Gasteiger partial charge in [0.2, 0.25) is 0 Å². The molecule has 0 aromatic heterocycles. The topological polar surface area (TPSA) is 76.4 Å². The summed E-state index contributed by atoms with van der Waals surface area (Å²) in [7, 11) is 0. The maximum atomic E-state index is 11.1. The van der Waals surface area contributed by atoms with Crippen molar-refractivity contribution < 1.29 is 20.1 Å². The normalized spacial score (nSPS) is 13.5. The monoisotopic (exact) mass is 466 g/mol. The van der Waals surface area contributed by atoms with Crippen LogP contribution in [-0.2, 0) is 6.54 Å². The van der Waals surface area contributed by atoms with Gasteiger partial charge in [0, 0.05) is 29.4 Å². The van der Waals surface area contributed by atoms with Gasteiger partial charge in [0.25, 0.3) is 0 Å². The smallest absolute Gasteiger partial charge is 0.119 e. The molecule has 33 heavy (non-hydrogen) atoms. The van der Waals surface area contributed by atoms with E-state index in [-0.39, 0.29) is 19.8 Å². The molecule has 4 rings (SSSR count). The molecule has 6 nitrogen and oxygen atoms in total. The van der Waals surface area contributed by atoms with Crippen LogP contribution in [-0.4, -0.2) is 65.8 Å². The van der Waals surface area contributed by atoms with Gasteiger partial charge in [-0.3, -0.25) is 4.90 Å². The first kappa shape index (κ1) is 23.6. The molecule has 0 spiro atoms. The molecule has 0 aliphatic carbocycles. The summed E-state index contributed by atoms with van der Waals surface area (Å²) in [6.45, 7) is 2.26. The Morgan fingerprint density at radius 3 is 2.09 bits per heavy atom. The Morgan fingerprint density at radius 1 is 0.848 bits per heavy atom. The Balaban J connectivity index is 1.44. The molecule has 3 aromatic carbocycles. The van der Waals surface area contributed by atoms with Gasteiger partial charge < -0.3 is 25.0 Å². The molecule has 3 aromatic rings. The van der Waals surface area contributed by atoms with Crippen LogP contribution in [0.2, 0.25) is 0 Å². The van der Waals surface area contributed by atoms with Crippen LogP contribution in [0.25, 0.3) is 0 Å². The van der Waals surface area contributed by atoms with E-state index in [1.807, 2.05) is 48.5 Å². The highest BCUT2D eigenvalue weighted by Gasteiger charge is 2.25. The molecule has 1 heterocycles. The molecule has 3 N–H and O–H groups in total. The van der Waals surface area contributed by atoms with E-state index < -0.39 is 6.10 Å². The number of hydrogen-bond acceptors (Lipinski definition) is 7. The molecule has 0 radical (unpaired) electrons. The first-order valence-corrected chi connectivity index (χ1v) is 12.0. The number of para-hydroxylation sites is 2. The van der Waals surface area contributed by atoms with Crippen molar-refractivity contribution in [3.05, 3.63) is 78.4 Å².